The van der Waals surface area contributed by atoms with Crippen molar-refractivity contribution in [1.29, 1.82) is 0 Å². The first-order valence-corrected chi connectivity index (χ1v) is 5.84. The van der Waals surface area contributed by atoms with Gasteiger partial charge in [-0.05, 0) is 24.1 Å². The van der Waals surface area contributed by atoms with Crippen molar-refractivity contribution in [2.45, 2.75) is 6.42 Å². The third kappa shape index (κ3) is 1.64. The number of fused-ring (bicyclic) bond motifs is 1. The number of ketones is 2. The van der Waals surface area contributed by atoms with Gasteiger partial charge in [0, 0.05) is 23.5 Å². The summed E-state index contributed by atoms with van der Waals surface area (Å²) in [5, 5.41) is 0. The zero-order valence-corrected chi connectivity index (χ0v) is 9.67. The highest BCUT2D eigenvalue weighted by atomic mass is 16.2. The molecule has 0 amide bonds. The van der Waals surface area contributed by atoms with Crippen LogP contribution in [0.4, 0.5) is 0 Å². The molecule has 0 saturated carbocycles. The van der Waals surface area contributed by atoms with Crippen molar-refractivity contribution in [3.8, 4) is 0 Å². The maximum absolute atomic E-state index is 12.3. The lowest BCUT2D eigenvalue weighted by Crippen LogP contribution is -2.20. The van der Waals surface area contributed by atoms with Gasteiger partial charge in [0.05, 0.1) is 5.92 Å². The van der Waals surface area contributed by atoms with E-state index in [1.165, 1.54) is 0 Å². The van der Waals surface area contributed by atoms with Crippen molar-refractivity contribution >= 4 is 11.6 Å². The van der Waals surface area contributed by atoms with Crippen LogP contribution in [0.1, 0.15) is 26.3 Å². The molecule has 3 heteroatoms. The molecular weight excluding hydrogens is 226 g/mol. The van der Waals surface area contributed by atoms with Crippen molar-refractivity contribution < 1.29 is 9.59 Å². The molecule has 0 saturated heterocycles. The summed E-state index contributed by atoms with van der Waals surface area (Å²) in [5.74, 6) is -0.740. The SMILES string of the molecule is O=C(c1ccncc1)C1Cc2ccccc2C1=O. The Morgan fingerprint density at radius 3 is 2.56 bits per heavy atom. The highest BCUT2D eigenvalue weighted by molar-refractivity contribution is 6.18. The summed E-state index contributed by atoms with van der Waals surface area (Å²) >= 11 is 0. The molecule has 88 valence electrons. The molecule has 18 heavy (non-hydrogen) atoms. The third-order valence-corrected chi connectivity index (χ3v) is 3.30. The van der Waals surface area contributed by atoms with Crippen LogP contribution in [-0.2, 0) is 6.42 Å². The Morgan fingerprint density at radius 1 is 1.11 bits per heavy atom. The average molecular weight is 237 g/mol. The number of carbonyl (C=O) groups is 2. The first-order chi connectivity index (χ1) is 8.77. The number of nitrogens with zero attached hydrogens (tertiary/aromatic N) is 1. The number of rotatable bonds is 2. The molecule has 3 rings (SSSR count). The Balaban J connectivity index is 1.94. The molecule has 1 atom stereocenters. The van der Waals surface area contributed by atoms with Crippen LogP contribution >= 0.6 is 0 Å². The van der Waals surface area contributed by atoms with Gasteiger partial charge in [-0.2, -0.15) is 0 Å². The third-order valence-electron chi connectivity index (χ3n) is 3.30. The first kappa shape index (κ1) is 10.8. The summed E-state index contributed by atoms with van der Waals surface area (Å²) in [5.41, 5.74) is 2.20. The molecule has 1 heterocycles. The molecule has 0 N–H and O–H groups in total. The van der Waals surface area contributed by atoms with Crippen molar-refractivity contribution in [2.75, 3.05) is 0 Å². The van der Waals surface area contributed by atoms with Gasteiger partial charge in [-0.25, -0.2) is 0 Å². The number of hydrogen-bond donors (Lipinski definition) is 0. The summed E-state index contributed by atoms with van der Waals surface area (Å²) in [7, 11) is 0. The van der Waals surface area contributed by atoms with E-state index in [4.69, 9.17) is 0 Å². The summed E-state index contributed by atoms with van der Waals surface area (Å²) < 4.78 is 0. The van der Waals surface area contributed by atoms with Crippen LogP contribution < -0.4 is 0 Å². The minimum absolute atomic E-state index is 0.0626. The van der Waals surface area contributed by atoms with Gasteiger partial charge < -0.3 is 0 Å². The number of aromatic nitrogens is 1. The molecule has 0 aliphatic heterocycles. The van der Waals surface area contributed by atoms with Crippen LogP contribution in [0.5, 0.6) is 0 Å². The van der Waals surface area contributed by atoms with Crippen LogP contribution in [0.25, 0.3) is 0 Å². The number of Topliss-reactive ketones (excluding diaryl/α,β-unsaturated/α-hetero) is 2. The van der Waals surface area contributed by atoms with E-state index in [9.17, 15) is 9.59 Å². The minimum atomic E-state index is -0.565. The van der Waals surface area contributed by atoms with Gasteiger partial charge in [-0.15, -0.1) is 0 Å². The summed E-state index contributed by atoms with van der Waals surface area (Å²) in [6, 6.07) is 10.7. The standard InChI is InChI=1S/C15H11NO2/c17-14(10-5-7-16-8-6-10)13-9-11-3-1-2-4-12(11)15(13)18/h1-8,13H,9H2. The van der Waals surface area contributed by atoms with Gasteiger partial charge in [0.15, 0.2) is 11.6 Å². The lowest BCUT2D eigenvalue weighted by molar-refractivity contribution is 0.0822. The van der Waals surface area contributed by atoms with Crippen molar-refractivity contribution in [3.63, 3.8) is 0 Å². The quantitative estimate of drug-likeness (QED) is 0.595. The summed E-state index contributed by atoms with van der Waals surface area (Å²) in [4.78, 5) is 28.3. The lowest BCUT2D eigenvalue weighted by atomic mass is 9.95. The predicted molar refractivity (Wildman–Crippen MR) is 66.5 cm³/mol. The minimum Gasteiger partial charge on any atom is -0.293 e. The van der Waals surface area contributed by atoms with E-state index < -0.39 is 5.92 Å². The van der Waals surface area contributed by atoms with Crippen LogP contribution in [0.3, 0.4) is 0 Å². The van der Waals surface area contributed by atoms with Gasteiger partial charge in [0.2, 0.25) is 0 Å². The maximum Gasteiger partial charge on any atom is 0.174 e. The first-order valence-electron chi connectivity index (χ1n) is 5.84. The second-order valence-corrected chi connectivity index (χ2v) is 4.38. The molecule has 1 aliphatic rings. The number of carbonyl (C=O) groups excluding carboxylic acids is 2. The highest BCUT2D eigenvalue weighted by Gasteiger charge is 2.35. The topological polar surface area (TPSA) is 47.0 Å². The maximum atomic E-state index is 12.3. The summed E-state index contributed by atoms with van der Waals surface area (Å²) in [6.07, 6.45) is 3.65. The molecule has 1 unspecified atom stereocenters. The van der Waals surface area contributed by atoms with Crippen LogP contribution in [0.2, 0.25) is 0 Å². The average Bonchev–Trinajstić information content (AvgIpc) is 2.77. The van der Waals surface area contributed by atoms with Crippen molar-refractivity contribution in [2.24, 2.45) is 5.92 Å². The molecule has 1 aromatic heterocycles. The second-order valence-electron chi connectivity index (χ2n) is 4.38. The van der Waals surface area contributed by atoms with Crippen molar-refractivity contribution in [1.82, 2.24) is 4.98 Å². The van der Waals surface area contributed by atoms with Crippen LogP contribution in [0.15, 0.2) is 48.8 Å². The van der Waals surface area contributed by atoms with Crippen molar-refractivity contribution in [3.05, 3.63) is 65.5 Å². The van der Waals surface area contributed by atoms with E-state index in [-0.39, 0.29) is 11.6 Å². The highest BCUT2D eigenvalue weighted by Crippen LogP contribution is 2.28. The fourth-order valence-electron chi connectivity index (χ4n) is 2.37. The van der Waals surface area contributed by atoms with Gasteiger partial charge in [0.25, 0.3) is 0 Å². The predicted octanol–water partition coefficient (Wildman–Crippen LogP) is 2.32. The number of pyridine rings is 1. The van der Waals surface area contributed by atoms with E-state index >= 15 is 0 Å². The molecule has 3 nitrogen and oxygen atoms in total. The zero-order valence-electron chi connectivity index (χ0n) is 9.67. The number of benzene rings is 1. The smallest absolute Gasteiger partial charge is 0.174 e. The van der Waals surface area contributed by atoms with E-state index in [0.717, 1.165) is 5.56 Å². The monoisotopic (exact) mass is 237 g/mol. The lowest BCUT2D eigenvalue weighted by Gasteiger charge is -2.06. The Bertz CT molecular complexity index is 619. The normalized spacial score (nSPS) is 17.6. The largest absolute Gasteiger partial charge is 0.293 e. The van der Waals surface area contributed by atoms with E-state index in [2.05, 4.69) is 4.98 Å². The van der Waals surface area contributed by atoms with Gasteiger partial charge in [-0.3, -0.25) is 14.6 Å². The molecule has 1 aliphatic carbocycles. The summed E-state index contributed by atoms with van der Waals surface area (Å²) in [6.45, 7) is 0. The van der Waals surface area contributed by atoms with E-state index in [0.29, 0.717) is 17.5 Å². The van der Waals surface area contributed by atoms with Gasteiger partial charge in [-0.1, -0.05) is 24.3 Å². The molecular formula is C15H11NO2. The van der Waals surface area contributed by atoms with Gasteiger partial charge >= 0.3 is 0 Å². The van der Waals surface area contributed by atoms with E-state index in [1.54, 1.807) is 30.6 Å². The zero-order chi connectivity index (χ0) is 12.5. The molecule has 0 radical (unpaired) electrons. The Hall–Kier alpha value is -2.29. The van der Waals surface area contributed by atoms with Crippen LogP contribution in [-0.4, -0.2) is 16.6 Å². The fourth-order valence-corrected chi connectivity index (χ4v) is 2.37. The molecule has 0 bridgehead atoms. The Kier molecular flexibility index (Phi) is 2.52. The molecule has 0 spiro atoms. The molecule has 0 fully saturated rings. The Labute approximate surface area is 104 Å². The molecule has 2 aromatic rings. The fraction of sp³-hybridized carbons (Fsp3) is 0.133. The molecule has 1 aromatic carbocycles. The van der Waals surface area contributed by atoms with Crippen LogP contribution in [0, 0.1) is 5.92 Å². The Morgan fingerprint density at radius 2 is 1.83 bits per heavy atom. The second kappa shape index (κ2) is 4.18. The number of hydrogen-bond acceptors (Lipinski definition) is 3. The van der Waals surface area contributed by atoms with Gasteiger partial charge in [0.1, 0.15) is 0 Å². The van der Waals surface area contributed by atoms with E-state index in [1.807, 2.05) is 18.2 Å².